The standard InChI is InChI=1S/C12H11ClO5/c13-5-4-9(15)8-3-1-2-7(6-14)10(8)11(16)12(17)18/h1-3,6,11,16H,4-5H2,(H,17,18). The van der Waals surface area contributed by atoms with Crippen LogP contribution < -0.4 is 0 Å². The molecule has 96 valence electrons. The number of carboxylic acids is 1. The lowest BCUT2D eigenvalue weighted by Gasteiger charge is -2.13. The minimum Gasteiger partial charge on any atom is -0.479 e. The number of hydrogen-bond acceptors (Lipinski definition) is 4. The van der Waals surface area contributed by atoms with Crippen molar-refractivity contribution in [3.05, 3.63) is 34.9 Å². The van der Waals surface area contributed by atoms with Crippen LogP contribution in [0.1, 0.15) is 38.8 Å². The molecule has 6 heteroatoms. The molecule has 0 spiro atoms. The van der Waals surface area contributed by atoms with Gasteiger partial charge in [0.1, 0.15) is 6.29 Å². The number of ketones is 1. The van der Waals surface area contributed by atoms with Gasteiger partial charge in [-0.3, -0.25) is 9.59 Å². The minimum absolute atomic E-state index is 0.00318. The third-order valence-electron chi connectivity index (χ3n) is 2.40. The van der Waals surface area contributed by atoms with E-state index in [1.807, 2.05) is 0 Å². The summed E-state index contributed by atoms with van der Waals surface area (Å²) in [6.45, 7) is 0. The molecule has 1 aromatic carbocycles. The Hall–Kier alpha value is -1.72. The predicted molar refractivity (Wildman–Crippen MR) is 64.1 cm³/mol. The van der Waals surface area contributed by atoms with Gasteiger partial charge in [0.25, 0.3) is 0 Å². The Morgan fingerprint density at radius 3 is 2.56 bits per heavy atom. The number of aldehydes is 1. The molecule has 0 saturated carbocycles. The number of benzene rings is 1. The smallest absolute Gasteiger partial charge is 0.337 e. The number of halogens is 1. The highest BCUT2D eigenvalue weighted by Gasteiger charge is 2.25. The van der Waals surface area contributed by atoms with Gasteiger partial charge in [-0.25, -0.2) is 4.79 Å². The van der Waals surface area contributed by atoms with E-state index in [9.17, 15) is 19.5 Å². The number of Topliss-reactive ketones (excluding diaryl/α,β-unsaturated/α-hetero) is 1. The van der Waals surface area contributed by atoms with Crippen molar-refractivity contribution in [2.24, 2.45) is 0 Å². The highest BCUT2D eigenvalue weighted by atomic mass is 35.5. The van der Waals surface area contributed by atoms with E-state index in [4.69, 9.17) is 16.7 Å². The van der Waals surface area contributed by atoms with Gasteiger partial charge in [0.05, 0.1) is 0 Å². The molecule has 0 amide bonds. The summed E-state index contributed by atoms with van der Waals surface area (Å²) in [6, 6.07) is 4.15. The van der Waals surface area contributed by atoms with Crippen LogP contribution in [-0.2, 0) is 4.79 Å². The average molecular weight is 271 g/mol. The first kappa shape index (κ1) is 14.3. The van der Waals surface area contributed by atoms with Gasteiger partial charge in [-0.1, -0.05) is 18.2 Å². The number of hydrogen-bond donors (Lipinski definition) is 2. The number of aliphatic hydroxyl groups is 1. The lowest BCUT2D eigenvalue weighted by molar-refractivity contribution is -0.146. The van der Waals surface area contributed by atoms with Crippen molar-refractivity contribution >= 4 is 29.6 Å². The Morgan fingerprint density at radius 1 is 1.39 bits per heavy atom. The van der Waals surface area contributed by atoms with Gasteiger partial charge >= 0.3 is 5.97 Å². The zero-order valence-electron chi connectivity index (χ0n) is 9.30. The van der Waals surface area contributed by atoms with Crippen molar-refractivity contribution in [1.82, 2.24) is 0 Å². The SMILES string of the molecule is O=Cc1cccc(C(=O)CCCl)c1C(O)C(=O)O. The summed E-state index contributed by atoms with van der Waals surface area (Å²) in [5.74, 6) is -1.86. The second-order valence-electron chi connectivity index (χ2n) is 3.53. The molecular formula is C12H11ClO5. The van der Waals surface area contributed by atoms with Crippen molar-refractivity contribution in [3.8, 4) is 0 Å². The summed E-state index contributed by atoms with van der Waals surface area (Å²) < 4.78 is 0. The first-order chi connectivity index (χ1) is 8.52. The maximum atomic E-state index is 11.8. The van der Waals surface area contributed by atoms with Crippen molar-refractivity contribution in [3.63, 3.8) is 0 Å². The van der Waals surface area contributed by atoms with Gasteiger partial charge in [-0.2, -0.15) is 0 Å². The Morgan fingerprint density at radius 2 is 2.06 bits per heavy atom. The van der Waals surface area contributed by atoms with E-state index in [1.54, 1.807) is 0 Å². The fourth-order valence-corrected chi connectivity index (χ4v) is 1.75. The highest BCUT2D eigenvalue weighted by molar-refractivity contribution is 6.19. The van der Waals surface area contributed by atoms with Crippen LogP contribution in [0.25, 0.3) is 0 Å². The molecular weight excluding hydrogens is 260 g/mol. The summed E-state index contributed by atoms with van der Waals surface area (Å²) in [5, 5.41) is 18.4. The summed E-state index contributed by atoms with van der Waals surface area (Å²) in [7, 11) is 0. The topological polar surface area (TPSA) is 91.7 Å². The van der Waals surface area contributed by atoms with E-state index in [2.05, 4.69) is 0 Å². The Balaban J connectivity index is 3.37. The molecule has 0 bridgehead atoms. The first-order valence-electron chi connectivity index (χ1n) is 5.11. The number of carbonyl (C=O) groups excluding carboxylic acids is 2. The molecule has 1 atom stereocenters. The quantitative estimate of drug-likeness (QED) is 0.463. The van der Waals surface area contributed by atoms with Crippen LogP contribution in [-0.4, -0.2) is 34.1 Å². The number of carbonyl (C=O) groups is 3. The molecule has 0 aliphatic carbocycles. The second-order valence-corrected chi connectivity index (χ2v) is 3.91. The lowest BCUT2D eigenvalue weighted by Crippen LogP contribution is -2.17. The van der Waals surface area contributed by atoms with Gasteiger partial charge in [0, 0.05) is 29.0 Å². The number of aliphatic carboxylic acids is 1. The molecule has 0 fully saturated rings. The van der Waals surface area contributed by atoms with Crippen molar-refractivity contribution < 1.29 is 24.6 Å². The van der Waals surface area contributed by atoms with E-state index in [0.717, 1.165) is 0 Å². The van der Waals surface area contributed by atoms with Gasteiger partial charge < -0.3 is 10.2 Å². The van der Waals surface area contributed by atoms with Crippen LogP contribution in [0.2, 0.25) is 0 Å². The van der Waals surface area contributed by atoms with Crippen molar-refractivity contribution in [2.75, 3.05) is 5.88 Å². The van der Waals surface area contributed by atoms with Crippen LogP contribution in [0.5, 0.6) is 0 Å². The third kappa shape index (κ3) is 2.94. The Kier molecular flexibility index (Phi) is 5.00. The van der Waals surface area contributed by atoms with Crippen molar-refractivity contribution in [1.29, 1.82) is 0 Å². The van der Waals surface area contributed by atoms with E-state index in [0.29, 0.717) is 6.29 Å². The maximum Gasteiger partial charge on any atom is 0.337 e. The number of carboxylic acid groups (broad SMARTS) is 1. The molecule has 0 saturated heterocycles. The van der Waals surface area contributed by atoms with Gasteiger partial charge in [0.15, 0.2) is 11.9 Å². The van der Waals surface area contributed by atoms with Gasteiger partial charge in [0.2, 0.25) is 0 Å². The largest absolute Gasteiger partial charge is 0.479 e. The third-order valence-corrected chi connectivity index (χ3v) is 2.59. The molecule has 18 heavy (non-hydrogen) atoms. The predicted octanol–water partition coefficient (Wildman–Crippen LogP) is 1.43. The average Bonchev–Trinajstić information content (AvgIpc) is 2.37. The second kappa shape index (κ2) is 6.28. The molecule has 1 unspecified atom stereocenters. The number of alkyl halides is 1. The monoisotopic (exact) mass is 270 g/mol. The van der Waals surface area contributed by atoms with E-state index < -0.39 is 17.9 Å². The number of rotatable bonds is 6. The molecule has 0 heterocycles. The molecule has 0 aliphatic heterocycles. The molecule has 1 aromatic rings. The molecule has 0 radical (unpaired) electrons. The first-order valence-corrected chi connectivity index (χ1v) is 5.64. The van der Waals surface area contributed by atoms with Crippen LogP contribution in [0.15, 0.2) is 18.2 Å². The molecule has 0 aromatic heterocycles. The summed E-state index contributed by atoms with van der Waals surface area (Å²) >= 11 is 5.45. The van der Waals surface area contributed by atoms with Crippen LogP contribution in [0, 0.1) is 0 Å². The van der Waals surface area contributed by atoms with E-state index >= 15 is 0 Å². The summed E-state index contributed by atoms with van der Waals surface area (Å²) in [4.78, 5) is 33.4. The van der Waals surface area contributed by atoms with Crippen LogP contribution >= 0.6 is 11.6 Å². The zero-order valence-corrected chi connectivity index (χ0v) is 10.1. The zero-order chi connectivity index (χ0) is 13.7. The van der Waals surface area contributed by atoms with E-state index in [1.165, 1.54) is 18.2 Å². The van der Waals surface area contributed by atoms with Crippen LogP contribution in [0.3, 0.4) is 0 Å². The number of aliphatic hydroxyl groups excluding tert-OH is 1. The molecule has 2 N–H and O–H groups in total. The normalized spacial score (nSPS) is 11.9. The minimum atomic E-state index is -1.92. The van der Waals surface area contributed by atoms with Crippen molar-refractivity contribution in [2.45, 2.75) is 12.5 Å². The Labute approximate surface area is 108 Å². The van der Waals surface area contributed by atoms with E-state index in [-0.39, 0.29) is 29.0 Å². The summed E-state index contributed by atoms with van der Waals surface area (Å²) in [6.07, 6.45) is -1.51. The highest BCUT2D eigenvalue weighted by Crippen LogP contribution is 2.23. The molecule has 0 aliphatic rings. The maximum absolute atomic E-state index is 11.8. The van der Waals surface area contributed by atoms with Gasteiger partial charge in [-0.05, 0) is 0 Å². The van der Waals surface area contributed by atoms with Crippen LogP contribution in [0.4, 0.5) is 0 Å². The molecule has 5 nitrogen and oxygen atoms in total. The summed E-state index contributed by atoms with van der Waals surface area (Å²) in [5.41, 5.74) is -0.199. The fraction of sp³-hybridized carbons (Fsp3) is 0.250. The Bertz CT molecular complexity index is 483. The van der Waals surface area contributed by atoms with Gasteiger partial charge in [-0.15, -0.1) is 11.6 Å². The molecule has 1 rings (SSSR count). The lowest BCUT2D eigenvalue weighted by atomic mass is 9.93. The fourth-order valence-electron chi connectivity index (χ4n) is 1.58.